The minimum Gasteiger partial charge on any atom is -0.453 e. The number of nitrogens with zero attached hydrogens (tertiary/aromatic N) is 2. The van der Waals surface area contributed by atoms with Gasteiger partial charge in [-0.2, -0.15) is 13.2 Å². The molecule has 0 saturated heterocycles. The number of sulfonamides is 1. The van der Waals surface area contributed by atoms with Gasteiger partial charge in [0.05, 0.1) is 16.8 Å². The van der Waals surface area contributed by atoms with Crippen LogP contribution in [0.3, 0.4) is 0 Å². The quantitative estimate of drug-likeness (QED) is 0.266. The SMILES string of the molecule is Cc1c(-c2ccc(Oc3ccc(S(=O)(=O)N(C)C)cc3)c(OC(F)(F)F)c2)sc2c1c(=O)[nH]c(=O)n2C[C@@H](O)C(F)(F)F. The average molecular weight is 654 g/mol. The predicted octanol–water partition coefficient (Wildman–Crippen LogP) is 4.59. The fourth-order valence-electron chi connectivity index (χ4n) is 3.95. The zero-order chi connectivity index (χ0) is 32.1. The fraction of sp³-hybridized carbons (Fsp3) is 0.280. The molecule has 0 unspecified atom stereocenters. The maximum Gasteiger partial charge on any atom is 0.573 e. The number of nitrogens with one attached hydrogen (secondary N) is 1. The van der Waals surface area contributed by atoms with Crippen LogP contribution in [0.4, 0.5) is 26.3 Å². The van der Waals surface area contributed by atoms with Crippen molar-refractivity contribution in [3.63, 3.8) is 0 Å². The monoisotopic (exact) mass is 653 g/mol. The Labute approximate surface area is 242 Å². The van der Waals surface area contributed by atoms with Gasteiger partial charge < -0.3 is 14.6 Å². The van der Waals surface area contributed by atoms with Gasteiger partial charge in [0.1, 0.15) is 10.6 Å². The van der Waals surface area contributed by atoms with Gasteiger partial charge in [-0.1, -0.05) is 0 Å². The van der Waals surface area contributed by atoms with E-state index in [1.807, 2.05) is 4.98 Å². The molecule has 18 heteroatoms. The van der Waals surface area contributed by atoms with E-state index in [-0.39, 0.29) is 36.9 Å². The molecular formula is C25H21F6N3O7S2. The van der Waals surface area contributed by atoms with E-state index in [0.29, 0.717) is 15.9 Å². The Hall–Kier alpha value is -3.87. The molecule has 0 aliphatic heterocycles. The van der Waals surface area contributed by atoms with Crippen LogP contribution in [-0.4, -0.2) is 60.1 Å². The number of H-pyrrole nitrogens is 1. The molecule has 232 valence electrons. The second-order valence-corrected chi connectivity index (χ2v) is 12.4. The molecule has 0 fully saturated rings. The molecule has 0 bridgehead atoms. The largest absolute Gasteiger partial charge is 0.573 e. The van der Waals surface area contributed by atoms with Gasteiger partial charge in [-0.15, -0.1) is 24.5 Å². The highest BCUT2D eigenvalue weighted by atomic mass is 32.2. The molecule has 10 nitrogen and oxygen atoms in total. The smallest absolute Gasteiger partial charge is 0.453 e. The lowest BCUT2D eigenvalue weighted by Gasteiger charge is -2.16. The van der Waals surface area contributed by atoms with Crippen molar-refractivity contribution in [3.05, 3.63) is 68.9 Å². The molecule has 43 heavy (non-hydrogen) atoms. The van der Waals surface area contributed by atoms with E-state index < -0.39 is 58.0 Å². The Bertz CT molecular complexity index is 1890. The minimum absolute atomic E-state index is 0.0331. The van der Waals surface area contributed by atoms with E-state index in [1.54, 1.807) is 0 Å². The Morgan fingerprint density at radius 2 is 1.65 bits per heavy atom. The zero-order valence-corrected chi connectivity index (χ0v) is 23.8. The Balaban J connectivity index is 1.79. The number of aromatic nitrogens is 2. The lowest BCUT2D eigenvalue weighted by atomic mass is 10.1. The van der Waals surface area contributed by atoms with Crippen LogP contribution in [0.5, 0.6) is 17.2 Å². The first-order valence-corrected chi connectivity index (χ1v) is 14.2. The number of alkyl halides is 6. The number of aliphatic hydroxyl groups is 1. The summed E-state index contributed by atoms with van der Waals surface area (Å²) in [5, 5.41) is 9.33. The van der Waals surface area contributed by atoms with Crippen LogP contribution >= 0.6 is 11.3 Å². The third-order valence-corrected chi connectivity index (χ3v) is 9.25. The number of halogens is 6. The van der Waals surface area contributed by atoms with Crippen molar-refractivity contribution in [3.8, 4) is 27.7 Å². The van der Waals surface area contributed by atoms with Crippen molar-refractivity contribution in [2.24, 2.45) is 0 Å². The average Bonchev–Trinajstić information content (AvgIpc) is 3.23. The molecule has 2 heterocycles. The van der Waals surface area contributed by atoms with E-state index in [1.165, 1.54) is 51.4 Å². The molecule has 4 aromatic rings. The first kappa shape index (κ1) is 32.1. The normalized spacial score (nSPS) is 13.5. The lowest BCUT2D eigenvalue weighted by Crippen LogP contribution is -2.38. The molecule has 0 saturated carbocycles. The van der Waals surface area contributed by atoms with Crippen LogP contribution in [0.1, 0.15) is 5.56 Å². The summed E-state index contributed by atoms with van der Waals surface area (Å²) in [5.41, 5.74) is -1.99. The van der Waals surface area contributed by atoms with Crippen molar-refractivity contribution < 1.29 is 49.3 Å². The molecule has 2 aromatic carbocycles. The van der Waals surface area contributed by atoms with Crippen molar-refractivity contribution in [1.82, 2.24) is 13.9 Å². The van der Waals surface area contributed by atoms with Crippen molar-refractivity contribution in [2.75, 3.05) is 14.1 Å². The van der Waals surface area contributed by atoms with Crippen molar-refractivity contribution in [1.29, 1.82) is 0 Å². The molecule has 0 amide bonds. The molecule has 0 aliphatic carbocycles. The van der Waals surface area contributed by atoms with Crippen LogP contribution in [0.25, 0.3) is 20.7 Å². The standard InChI is InChI=1S/C25H21F6N3O7S2/c1-12-19-21(36)32-23(37)34(11-18(35)24(26,27)28)22(19)42-20(12)13-4-9-16(17(10-13)41-25(29,30)31)40-14-5-7-15(8-6-14)43(38,39)33(2)3/h4-10,18,35H,11H2,1-3H3,(H,32,36,37)/t18-/m1/s1. The molecule has 0 radical (unpaired) electrons. The maximum atomic E-state index is 13.3. The number of ether oxygens (including phenoxy) is 2. The lowest BCUT2D eigenvalue weighted by molar-refractivity contribution is -0.275. The van der Waals surface area contributed by atoms with Gasteiger partial charge in [0.15, 0.2) is 17.6 Å². The summed E-state index contributed by atoms with van der Waals surface area (Å²) in [6, 6.07) is 8.15. The van der Waals surface area contributed by atoms with E-state index in [2.05, 4.69) is 4.74 Å². The van der Waals surface area contributed by atoms with Gasteiger partial charge in [-0.05, 0) is 60.5 Å². The number of hydrogen-bond donors (Lipinski definition) is 2. The summed E-state index contributed by atoms with van der Waals surface area (Å²) < 4.78 is 115. The number of thiophene rings is 1. The zero-order valence-electron chi connectivity index (χ0n) is 22.2. The Morgan fingerprint density at radius 3 is 2.21 bits per heavy atom. The molecule has 2 aromatic heterocycles. The third kappa shape index (κ3) is 6.71. The highest BCUT2D eigenvalue weighted by molar-refractivity contribution is 7.89. The molecular weight excluding hydrogens is 632 g/mol. The first-order valence-electron chi connectivity index (χ1n) is 11.9. The molecule has 0 spiro atoms. The second kappa shape index (κ2) is 11.3. The summed E-state index contributed by atoms with van der Waals surface area (Å²) in [6.45, 7) is 0.148. The first-order chi connectivity index (χ1) is 19.8. The summed E-state index contributed by atoms with van der Waals surface area (Å²) in [6.07, 6.45) is -13.2. The highest BCUT2D eigenvalue weighted by Crippen LogP contribution is 2.42. The summed E-state index contributed by atoms with van der Waals surface area (Å²) in [4.78, 5) is 26.6. The minimum atomic E-state index is -5.18. The van der Waals surface area contributed by atoms with Crippen molar-refractivity contribution in [2.45, 2.75) is 37.0 Å². The third-order valence-electron chi connectivity index (χ3n) is 6.06. The van der Waals surface area contributed by atoms with Gasteiger partial charge in [0.25, 0.3) is 5.56 Å². The van der Waals surface area contributed by atoms with E-state index in [4.69, 9.17) is 4.74 Å². The highest BCUT2D eigenvalue weighted by Gasteiger charge is 2.39. The molecule has 0 aliphatic rings. The summed E-state index contributed by atoms with van der Waals surface area (Å²) in [7, 11) is -1.14. The summed E-state index contributed by atoms with van der Waals surface area (Å²) >= 11 is 0.653. The van der Waals surface area contributed by atoms with E-state index in [9.17, 15) is 49.5 Å². The van der Waals surface area contributed by atoms with Crippen LogP contribution in [0.15, 0.2) is 56.9 Å². The number of rotatable bonds is 8. The van der Waals surface area contributed by atoms with Gasteiger partial charge in [0, 0.05) is 19.0 Å². The van der Waals surface area contributed by atoms with Crippen LogP contribution in [-0.2, 0) is 16.6 Å². The molecule has 1 atom stereocenters. The molecule has 4 rings (SSSR count). The second-order valence-electron chi connectivity index (χ2n) is 9.23. The van der Waals surface area contributed by atoms with Gasteiger partial charge in [-0.25, -0.2) is 17.5 Å². The number of fused-ring (bicyclic) bond motifs is 1. The van der Waals surface area contributed by atoms with Gasteiger partial charge in [-0.3, -0.25) is 14.3 Å². The number of aryl methyl sites for hydroxylation is 1. The van der Waals surface area contributed by atoms with Crippen LogP contribution in [0.2, 0.25) is 0 Å². The topological polar surface area (TPSA) is 131 Å². The Morgan fingerprint density at radius 1 is 1.02 bits per heavy atom. The summed E-state index contributed by atoms with van der Waals surface area (Å²) in [5.74, 6) is -1.29. The van der Waals surface area contributed by atoms with Crippen LogP contribution in [0, 0.1) is 6.92 Å². The fourth-order valence-corrected chi connectivity index (χ4v) is 6.16. The van der Waals surface area contributed by atoms with E-state index >= 15 is 0 Å². The number of aromatic amines is 1. The van der Waals surface area contributed by atoms with E-state index in [0.717, 1.165) is 16.4 Å². The maximum absolute atomic E-state index is 13.3. The van der Waals surface area contributed by atoms with Crippen LogP contribution < -0.4 is 20.7 Å². The van der Waals surface area contributed by atoms with Gasteiger partial charge in [0.2, 0.25) is 10.0 Å². The Kier molecular flexibility index (Phi) is 8.44. The number of hydrogen-bond acceptors (Lipinski definition) is 8. The molecule has 2 N–H and O–H groups in total. The number of benzene rings is 2. The van der Waals surface area contributed by atoms with Crippen molar-refractivity contribution >= 4 is 31.6 Å². The van der Waals surface area contributed by atoms with Gasteiger partial charge >= 0.3 is 18.2 Å². The predicted molar refractivity (Wildman–Crippen MR) is 143 cm³/mol. The number of aliphatic hydroxyl groups excluding tert-OH is 1.